The molecular weight excluding hydrogens is 813 g/mol. The van der Waals surface area contributed by atoms with Crippen molar-refractivity contribution in [3.05, 3.63) is 60.8 Å². The summed E-state index contributed by atoms with van der Waals surface area (Å²) in [6, 6.07) is 0. The molecule has 0 radical (unpaired) electrons. The molecule has 2 aliphatic heterocycles. The number of hydrogen-bond acceptors (Lipinski definition) is 14. The SMILES string of the molecule is CC/C=C\C/C=C\C/C=C\C/C=C\C/C=C\CCCCCCCC(=O)OC(COCCCCCCCCCC)COC1OC(COC2OC(CO)C(O)C(O)C2O)C(O)C(O)C1O. The summed E-state index contributed by atoms with van der Waals surface area (Å²) in [4.78, 5) is 12.9. The molecule has 0 aromatic heterocycles. The number of rotatable bonds is 36. The molecule has 14 nitrogen and oxygen atoms in total. The van der Waals surface area contributed by atoms with E-state index in [1.54, 1.807) is 0 Å². The minimum absolute atomic E-state index is 0.0513. The van der Waals surface area contributed by atoms with Crippen molar-refractivity contribution >= 4 is 5.97 Å². The Morgan fingerprint density at radius 2 is 1.03 bits per heavy atom. The molecule has 7 N–H and O–H groups in total. The van der Waals surface area contributed by atoms with E-state index in [0.717, 1.165) is 83.5 Å². The van der Waals surface area contributed by atoms with Gasteiger partial charge in [0, 0.05) is 13.0 Å². The Balaban J connectivity index is 1.76. The number of ether oxygens (including phenoxy) is 6. The topological polar surface area (TPSA) is 214 Å². The van der Waals surface area contributed by atoms with E-state index in [1.807, 2.05) is 0 Å². The predicted octanol–water partition coefficient (Wildman–Crippen LogP) is 6.18. The van der Waals surface area contributed by atoms with Gasteiger partial charge in [-0.3, -0.25) is 4.79 Å². The largest absolute Gasteiger partial charge is 0.457 e. The maximum Gasteiger partial charge on any atom is 0.306 e. The van der Waals surface area contributed by atoms with Gasteiger partial charge in [-0.2, -0.15) is 0 Å². The minimum Gasteiger partial charge on any atom is -0.457 e. The van der Waals surface area contributed by atoms with Crippen LogP contribution in [0.2, 0.25) is 0 Å². The van der Waals surface area contributed by atoms with Crippen LogP contribution in [0.5, 0.6) is 0 Å². The number of carbonyl (C=O) groups is 1. The molecule has 2 heterocycles. The van der Waals surface area contributed by atoms with Gasteiger partial charge < -0.3 is 64.2 Å². The zero-order valence-corrected chi connectivity index (χ0v) is 38.3. The lowest BCUT2D eigenvalue weighted by Gasteiger charge is -2.42. The Morgan fingerprint density at radius 1 is 0.540 bits per heavy atom. The summed E-state index contributed by atoms with van der Waals surface area (Å²) in [6.07, 6.45) is 25.8. The number of allylic oxidation sites excluding steroid dienone is 10. The molecule has 14 heteroatoms. The number of carbonyl (C=O) groups excluding carboxylic acids is 1. The van der Waals surface area contributed by atoms with Gasteiger partial charge in [0.15, 0.2) is 12.6 Å². The van der Waals surface area contributed by atoms with E-state index in [2.05, 4.69) is 74.6 Å². The van der Waals surface area contributed by atoms with E-state index in [9.17, 15) is 40.5 Å². The van der Waals surface area contributed by atoms with Crippen LogP contribution in [0.1, 0.15) is 142 Å². The quantitative estimate of drug-likeness (QED) is 0.0213. The number of aliphatic hydroxyl groups excluding tert-OH is 7. The molecule has 364 valence electrons. The molecular formula is C49H84O14. The number of aliphatic hydroxyl groups is 7. The van der Waals surface area contributed by atoms with Crippen molar-refractivity contribution in [2.24, 2.45) is 0 Å². The Hall–Kier alpha value is -2.31. The molecule has 11 unspecified atom stereocenters. The van der Waals surface area contributed by atoms with Crippen LogP contribution in [0.4, 0.5) is 0 Å². The second kappa shape index (κ2) is 36.9. The molecule has 0 saturated carbocycles. The third-order valence-corrected chi connectivity index (χ3v) is 11.0. The molecule has 0 spiro atoms. The zero-order valence-electron chi connectivity index (χ0n) is 38.3. The Kier molecular flexibility index (Phi) is 33.2. The van der Waals surface area contributed by atoms with Crippen LogP contribution < -0.4 is 0 Å². The fraction of sp³-hybridized carbons (Fsp3) is 0.776. The lowest BCUT2D eigenvalue weighted by Crippen LogP contribution is -2.61. The van der Waals surface area contributed by atoms with Gasteiger partial charge in [0.05, 0.1) is 26.4 Å². The maximum absolute atomic E-state index is 12.9. The number of esters is 1. The number of hydrogen-bond donors (Lipinski definition) is 7. The van der Waals surface area contributed by atoms with Gasteiger partial charge in [0.1, 0.15) is 54.9 Å². The Morgan fingerprint density at radius 3 is 1.62 bits per heavy atom. The third-order valence-electron chi connectivity index (χ3n) is 11.0. The second-order valence-electron chi connectivity index (χ2n) is 16.6. The maximum atomic E-state index is 12.9. The summed E-state index contributed by atoms with van der Waals surface area (Å²) in [6.45, 7) is 3.49. The van der Waals surface area contributed by atoms with Crippen LogP contribution in [0.15, 0.2) is 60.8 Å². The second-order valence-corrected chi connectivity index (χ2v) is 16.6. The molecule has 0 aromatic carbocycles. The van der Waals surface area contributed by atoms with E-state index < -0.39 is 86.7 Å². The van der Waals surface area contributed by atoms with Gasteiger partial charge in [-0.15, -0.1) is 0 Å². The van der Waals surface area contributed by atoms with Crippen molar-refractivity contribution < 1.29 is 69.0 Å². The van der Waals surface area contributed by atoms with Gasteiger partial charge in [-0.1, -0.05) is 139 Å². The van der Waals surface area contributed by atoms with Gasteiger partial charge in [-0.05, 0) is 57.8 Å². The summed E-state index contributed by atoms with van der Waals surface area (Å²) < 4.78 is 34.1. The average Bonchev–Trinajstić information content (AvgIpc) is 3.28. The van der Waals surface area contributed by atoms with E-state index in [-0.39, 0.29) is 19.6 Å². The smallest absolute Gasteiger partial charge is 0.306 e. The van der Waals surface area contributed by atoms with E-state index in [1.165, 1.54) is 32.1 Å². The van der Waals surface area contributed by atoms with E-state index in [0.29, 0.717) is 13.0 Å². The summed E-state index contributed by atoms with van der Waals surface area (Å²) in [5.41, 5.74) is 0. The molecule has 2 fully saturated rings. The molecule has 2 aliphatic rings. The van der Waals surface area contributed by atoms with Gasteiger partial charge in [-0.25, -0.2) is 0 Å². The van der Waals surface area contributed by atoms with Gasteiger partial charge in [0.25, 0.3) is 0 Å². The normalized spacial score (nSPS) is 27.5. The fourth-order valence-corrected chi connectivity index (χ4v) is 7.13. The van der Waals surface area contributed by atoms with E-state index >= 15 is 0 Å². The molecule has 0 aliphatic carbocycles. The first-order valence-corrected chi connectivity index (χ1v) is 23.9. The van der Waals surface area contributed by atoms with Crippen molar-refractivity contribution in [2.45, 2.75) is 210 Å². The van der Waals surface area contributed by atoms with Crippen LogP contribution >= 0.6 is 0 Å². The first-order valence-electron chi connectivity index (χ1n) is 23.9. The summed E-state index contributed by atoms with van der Waals surface area (Å²) >= 11 is 0. The highest BCUT2D eigenvalue weighted by Crippen LogP contribution is 2.26. The lowest BCUT2D eigenvalue weighted by atomic mass is 9.98. The molecule has 2 rings (SSSR count). The molecule has 0 amide bonds. The van der Waals surface area contributed by atoms with Crippen LogP contribution in [-0.2, 0) is 33.2 Å². The first-order chi connectivity index (χ1) is 30.6. The van der Waals surface area contributed by atoms with Crippen LogP contribution in [0.25, 0.3) is 0 Å². The zero-order chi connectivity index (χ0) is 45.9. The first kappa shape index (κ1) is 56.8. The molecule has 0 bridgehead atoms. The summed E-state index contributed by atoms with van der Waals surface area (Å²) in [5, 5.41) is 71.9. The standard InChI is InChI=1S/C49H84O14/c1-3-5-7-9-11-13-14-15-16-17-18-19-20-21-22-23-24-25-26-28-30-32-41(51)61-38(35-58-33-31-29-27-12-10-8-6-4-2)36-59-48-47(57)45(55)43(53)40(63-48)37-60-49-46(56)44(54)42(52)39(34-50)62-49/h5,7,11,13,15-16,18-19,21-22,38-40,42-50,52-57H,3-4,6,8-10,12,14,17,20,23-37H2,1-2H3/b7-5-,13-11-,16-15-,19-18-,22-21-. The third kappa shape index (κ3) is 25.3. The summed E-state index contributed by atoms with van der Waals surface area (Å²) in [7, 11) is 0. The number of unbranched alkanes of at least 4 members (excludes halogenated alkanes) is 12. The average molecular weight is 897 g/mol. The van der Waals surface area contributed by atoms with Crippen LogP contribution in [0.3, 0.4) is 0 Å². The molecule has 11 atom stereocenters. The van der Waals surface area contributed by atoms with Crippen LogP contribution in [-0.4, -0.2) is 142 Å². The van der Waals surface area contributed by atoms with Gasteiger partial charge >= 0.3 is 5.97 Å². The molecule has 2 saturated heterocycles. The lowest BCUT2D eigenvalue weighted by molar-refractivity contribution is -0.332. The Bertz CT molecular complexity index is 1270. The van der Waals surface area contributed by atoms with Crippen molar-refractivity contribution in [2.75, 3.05) is 33.0 Å². The highest BCUT2D eigenvalue weighted by Gasteiger charge is 2.47. The van der Waals surface area contributed by atoms with Crippen molar-refractivity contribution in [3.8, 4) is 0 Å². The monoisotopic (exact) mass is 897 g/mol. The highest BCUT2D eigenvalue weighted by atomic mass is 16.7. The van der Waals surface area contributed by atoms with Gasteiger partial charge in [0.2, 0.25) is 0 Å². The molecule has 63 heavy (non-hydrogen) atoms. The predicted molar refractivity (Wildman–Crippen MR) is 242 cm³/mol. The fourth-order valence-electron chi connectivity index (χ4n) is 7.13. The van der Waals surface area contributed by atoms with Crippen molar-refractivity contribution in [1.82, 2.24) is 0 Å². The van der Waals surface area contributed by atoms with E-state index in [4.69, 9.17) is 28.4 Å². The Labute approximate surface area is 377 Å². The highest BCUT2D eigenvalue weighted by molar-refractivity contribution is 5.69. The minimum atomic E-state index is -1.71. The molecule has 0 aromatic rings. The van der Waals surface area contributed by atoms with Crippen LogP contribution in [0, 0.1) is 0 Å². The van der Waals surface area contributed by atoms with Crippen molar-refractivity contribution in [3.63, 3.8) is 0 Å². The van der Waals surface area contributed by atoms with Crippen molar-refractivity contribution in [1.29, 1.82) is 0 Å². The summed E-state index contributed by atoms with van der Waals surface area (Å²) in [5.74, 6) is -0.399.